The van der Waals surface area contributed by atoms with Crippen molar-refractivity contribution in [3.8, 4) is 5.75 Å². The van der Waals surface area contributed by atoms with Gasteiger partial charge in [0.15, 0.2) is 0 Å². The summed E-state index contributed by atoms with van der Waals surface area (Å²) in [5.41, 5.74) is 7.61. The maximum absolute atomic E-state index is 5.67. The molecular formula is C16H22N4O. The maximum Gasteiger partial charge on any atom is 0.142 e. The summed E-state index contributed by atoms with van der Waals surface area (Å²) < 4.78 is 5.47. The Labute approximate surface area is 125 Å². The maximum atomic E-state index is 5.67. The van der Waals surface area contributed by atoms with Crippen LogP contribution in [0.4, 0.5) is 11.5 Å². The number of para-hydroxylation sites is 2. The lowest BCUT2D eigenvalue weighted by Crippen LogP contribution is -2.23. The highest BCUT2D eigenvalue weighted by Crippen LogP contribution is 2.32. The topological polar surface area (TPSA) is 64.3 Å². The van der Waals surface area contributed by atoms with Gasteiger partial charge in [0.25, 0.3) is 0 Å². The van der Waals surface area contributed by atoms with Gasteiger partial charge >= 0.3 is 0 Å². The van der Waals surface area contributed by atoms with Crippen LogP contribution in [-0.4, -0.2) is 30.2 Å². The molecule has 2 N–H and O–H groups in total. The summed E-state index contributed by atoms with van der Waals surface area (Å²) in [6.45, 7) is 5.29. The molecule has 0 bridgehead atoms. The first-order valence-corrected chi connectivity index (χ1v) is 7.08. The number of benzene rings is 1. The minimum atomic E-state index is 0.634. The highest BCUT2D eigenvalue weighted by Gasteiger charge is 2.15. The van der Waals surface area contributed by atoms with Crippen molar-refractivity contribution in [3.63, 3.8) is 0 Å². The fourth-order valence-corrected chi connectivity index (χ4v) is 2.30. The molecule has 5 heteroatoms. The third-order valence-electron chi connectivity index (χ3n) is 3.19. The molecule has 112 valence electrons. The summed E-state index contributed by atoms with van der Waals surface area (Å²) in [5, 5.41) is 0. The van der Waals surface area contributed by atoms with E-state index >= 15 is 0 Å². The number of rotatable bonds is 6. The Hall–Kier alpha value is -2.14. The van der Waals surface area contributed by atoms with E-state index in [-0.39, 0.29) is 0 Å². The van der Waals surface area contributed by atoms with Gasteiger partial charge in [-0.05, 0) is 38.9 Å². The summed E-state index contributed by atoms with van der Waals surface area (Å²) in [4.78, 5) is 11.0. The van der Waals surface area contributed by atoms with E-state index in [1.54, 1.807) is 7.11 Å². The fraction of sp³-hybridized carbons (Fsp3) is 0.375. The largest absolute Gasteiger partial charge is 0.495 e. The van der Waals surface area contributed by atoms with E-state index in [1.807, 2.05) is 44.2 Å². The summed E-state index contributed by atoms with van der Waals surface area (Å²) in [5.74, 6) is 2.46. The van der Waals surface area contributed by atoms with E-state index in [0.717, 1.165) is 41.7 Å². The van der Waals surface area contributed by atoms with Crippen molar-refractivity contribution in [2.24, 2.45) is 5.73 Å². The number of aryl methyl sites for hydroxylation is 2. The Balaban J connectivity index is 2.46. The molecule has 0 radical (unpaired) electrons. The van der Waals surface area contributed by atoms with Crippen LogP contribution < -0.4 is 15.4 Å². The van der Waals surface area contributed by atoms with Crippen LogP contribution in [0.5, 0.6) is 5.75 Å². The molecule has 0 atom stereocenters. The summed E-state index contributed by atoms with van der Waals surface area (Å²) in [6.07, 6.45) is 0.875. The zero-order valence-electron chi connectivity index (χ0n) is 12.8. The van der Waals surface area contributed by atoms with Crippen LogP contribution >= 0.6 is 0 Å². The predicted molar refractivity (Wildman–Crippen MR) is 85.2 cm³/mol. The summed E-state index contributed by atoms with van der Waals surface area (Å²) in [7, 11) is 1.68. The molecule has 0 aliphatic carbocycles. The standard InChI is InChI=1S/C16H22N4O/c1-12-11-16(19-13(2)18-12)20(10-6-9-17)14-7-4-5-8-15(14)21-3/h4-5,7-8,11H,6,9-10,17H2,1-3H3. The van der Waals surface area contributed by atoms with E-state index in [2.05, 4.69) is 14.9 Å². The molecule has 0 saturated carbocycles. The number of nitrogens with zero attached hydrogens (tertiary/aromatic N) is 3. The van der Waals surface area contributed by atoms with Crippen molar-refractivity contribution in [1.29, 1.82) is 0 Å². The predicted octanol–water partition coefficient (Wildman–Crippen LogP) is 2.59. The van der Waals surface area contributed by atoms with Gasteiger partial charge in [0, 0.05) is 18.3 Å². The van der Waals surface area contributed by atoms with Crippen LogP contribution in [0.25, 0.3) is 0 Å². The molecule has 0 fully saturated rings. The van der Waals surface area contributed by atoms with E-state index in [1.165, 1.54) is 0 Å². The molecule has 1 aromatic heterocycles. The van der Waals surface area contributed by atoms with Crippen molar-refractivity contribution < 1.29 is 4.74 Å². The van der Waals surface area contributed by atoms with Crippen molar-refractivity contribution in [2.75, 3.05) is 25.1 Å². The third-order valence-corrected chi connectivity index (χ3v) is 3.19. The molecular weight excluding hydrogens is 264 g/mol. The normalized spacial score (nSPS) is 10.5. The van der Waals surface area contributed by atoms with E-state index in [9.17, 15) is 0 Å². The number of methoxy groups -OCH3 is 1. The highest BCUT2D eigenvalue weighted by atomic mass is 16.5. The lowest BCUT2D eigenvalue weighted by atomic mass is 10.2. The fourth-order valence-electron chi connectivity index (χ4n) is 2.30. The molecule has 0 unspecified atom stereocenters. The van der Waals surface area contributed by atoms with Gasteiger partial charge in [0.05, 0.1) is 12.8 Å². The van der Waals surface area contributed by atoms with Crippen molar-refractivity contribution in [2.45, 2.75) is 20.3 Å². The first kappa shape index (κ1) is 15.3. The third kappa shape index (κ3) is 3.70. The number of hydrogen-bond acceptors (Lipinski definition) is 5. The van der Waals surface area contributed by atoms with E-state index < -0.39 is 0 Å². The quantitative estimate of drug-likeness (QED) is 0.884. The van der Waals surface area contributed by atoms with Crippen LogP contribution in [0, 0.1) is 13.8 Å². The Kier molecular flexibility index (Phi) is 5.11. The average molecular weight is 286 g/mol. The smallest absolute Gasteiger partial charge is 0.142 e. The molecule has 2 rings (SSSR count). The molecule has 21 heavy (non-hydrogen) atoms. The Morgan fingerprint density at radius 2 is 1.95 bits per heavy atom. The molecule has 2 aromatic rings. The Bertz CT molecular complexity index is 580. The zero-order chi connectivity index (χ0) is 15.2. The van der Waals surface area contributed by atoms with E-state index in [0.29, 0.717) is 6.54 Å². The van der Waals surface area contributed by atoms with E-state index in [4.69, 9.17) is 10.5 Å². The highest BCUT2D eigenvalue weighted by molar-refractivity contribution is 5.67. The van der Waals surface area contributed by atoms with Crippen LogP contribution in [0.3, 0.4) is 0 Å². The van der Waals surface area contributed by atoms with Gasteiger partial charge < -0.3 is 15.4 Å². The van der Waals surface area contributed by atoms with Gasteiger partial charge in [-0.1, -0.05) is 12.1 Å². The lowest BCUT2D eigenvalue weighted by Gasteiger charge is -2.25. The van der Waals surface area contributed by atoms with Crippen molar-refractivity contribution in [1.82, 2.24) is 9.97 Å². The SMILES string of the molecule is COc1ccccc1N(CCCN)c1cc(C)nc(C)n1. The summed E-state index contributed by atoms with van der Waals surface area (Å²) in [6, 6.07) is 9.91. The minimum Gasteiger partial charge on any atom is -0.495 e. The van der Waals surface area contributed by atoms with Gasteiger partial charge in [-0.2, -0.15) is 0 Å². The molecule has 0 aliphatic heterocycles. The lowest BCUT2D eigenvalue weighted by molar-refractivity contribution is 0.415. The molecule has 1 aromatic carbocycles. The monoisotopic (exact) mass is 286 g/mol. The first-order chi connectivity index (χ1) is 10.2. The second-order valence-electron chi connectivity index (χ2n) is 4.88. The first-order valence-electron chi connectivity index (χ1n) is 7.08. The average Bonchev–Trinajstić information content (AvgIpc) is 2.47. The van der Waals surface area contributed by atoms with Crippen LogP contribution in [0.2, 0.25) is 0 Å². The second-order valence-corrected chi connectivity index (χ2v) is 4.88. The Morgan fingerprint density at radius 3 is 2.62 bits per heavy atom. The minimum absolute atomic E-state index is 0.634. The van der Waals surface area contributed by atoms with Gasteiger partial charge in [-0.15, -0.1) is 0 Å². The van der Waals surface area contributed by atoms with Crippen LogP contribution in [-0.2, 0) is 0 Å². The van der Waals surface area contributed by atoms with Gasteiger partial charge in [0.1, 0.15) is 17.4 Å². The second kappa shape index (κ2) is 7.04. The molecule has 5 nitrogen and oxygen atoms in total. The van der Waals surface area contributed by atoms with Crippen LogP contribution in [0.15, 0.2) is 30.3 Å². The molecule has 0 saturated heterocycles. The van der Waals surface area contributed by atoms with Crippen LogP contribution in [0.1, 0.15) is 17.9 Å². The molecule has 0 spiro atoms. The Morgan fingerprint density at radius 1 is 1.19 bits per heavy atom. The van der Waals surface area contributed by atoms with Crippen molar-refractivity contribution >= 4 is 11.5 Å². The van der Waals surface area contributed by atoms with Crippen molar-refractivity contribution in [3.05, 3.63) is 41.9 Å². The molecule has 0 amide bonds. The number of ether oxygens (including phenoxy) is 1. The number of hydrogen-bond donors (Lipinski definition) is 1. The van der Waals surface area contributed by atoms with Gasteiger partial charge in [0.2, 0.25) is 0 Å². The van der Waals surface area contributed by atoms with Gasteiger partial charge in [-0.3, -0.25) is 0 Å². The summed E-state index contributed by atoms with van der Waals surface area (Å²) >= 11 is 0. The number of nitrogens with two attached hydrogens (primary N) is 1. The molecule has 1 heterocycles. The zero-order valence-corrected chi connectivity index (χ0v) is 12.8. The van der Waals surface area contributed by atoms with Gasteiger partial charge in [-0.25, -0.2) is 9.97 Å². The molecule has 0 aliphatic rings. The number of anilines is 2. The number of aromatic nitrogens is 2.